The summed E-state index contributed by atoms with van der Waals surface area (Å²) in [4.78, 5) is 10.4. The molecule has 0 saturated heterocycles. The third-order valence-corrected chi connectivity index (χ3v) is 1.64. The van der Waals surface area contributed by atoms with E-state index < -0.39 is 6.09 Å². The van der Waals surface area contributed by atoms with Crippen LogP contribution in [-0.4, -0.2) is 23.4 Å². The number of aliphatic hydroxyl groups is 1. The number of carboxylic acid groups (broad SMARTS) is 1. The smallest absolute Gasteiger partial charge is 0.409 e. The number of ether oxygens (including phenoxy) is 1. The number of anilines is 1. The van der Waals surface area contributed by atoms with Gasteiger partial charge in [0.05, 0.1) is 13.7 Å². The minimum absolute atomic E-state index is 0.161. The molecule has 0 heterocycles. The van der Waals surface area contributed by atoms with E-state index in [4.69, 9.17) is 14.9 Å². The molecule has 5 nitrogen and oxygen atoms in total. The Hall–Kier alpha value is -1.75. The molecule has 14 heavy (non-hydrogen) atoms. The Labute approximate surface area is 80.9 Å². The van der Waals surface area contributed by atoms with Gasteiger partial charge in [-0.05, 0) is 17.7 Å². The molecule has 0 spiro atoms. The van der Waals surface area contributed by atoms with E-state index in [0.717, 1.165) is 0 Å². The van der Waals surface area contributed by atoms with Crippen LogP contribution in [0.3, 0.4) is 0 Å². The molecule has 0 aliphatic heterocycles. The number of hydrogen-bond acceptors (Lipinski definition) is 3. The lowest BCUT2D eigenvalue weighted by molar-refractivity contribution is 0.209. The molecular formula is C9H11NO4. The van der Waals surface area contributed by atoms with E-state index in [0.29, 0.717) is 17.0 Å². The van der Waals surface area contributed by atoms with Gasteiger partial charge in [0.1, 0.15) is 5.75 Å². The van der Waals surface area contributed by atoms with Gasteiger partial charge in [0.25, 0.3) is 0 Å². The van der Waals surface area contributed by atoms with Gasteiger partial charge in [-0.3, -0.25) is 5.32 Å². The number of carbonyl (C=O) groups is 1. The normalized spacial score (nSPS) is 9.57. The molecule has 0 fully saturated rings. The second-order valence-corrected chi connectivity index (χ2v) is 2.66. The summed E-state index contributed by atoms with van der Waals surface area (Å²) in [5.41, 5.74) is 0.967. The zero-order valence-corrected chi connectivity index (χ0v) is 7.65. The Morgan fingerprint density at radius 3 is 2.71 bits per heavy atom. The van der Waals surface area contributed by atoms with Gasteiger partial charge in [0, 0.05) is 11.8 Å². The average molecular weight is 197 g/mol. The minimum Gasteiger partial charge on any atom is -0.497 e. The molecule has 1 aromatic carbocycles. The van der Waals surface area contributed by atoms with Crippen molar-refractivity contribution >= 4 is 11.8 Å². The number of nitrogens with one attached hydrogen (secondary N) is 1. The Balaban J connectivity index is 2.98. The molecule has 0 aliphatic carbocycles. The third-order valence-electron chi connectivity index (χ3n) is 1.64. The molecule has 0 aromatic heterocycles. The van der Waals surface area contributed by atoms with Gasteiger partial charge in [0.15, 0.2) is 0 Å². The highest BCUT2D eigenvalue weighted by Gasteiger charge is 2.02. The van der Waals surface area contributed by atoms with Gasteiger partial charge < -0.3 is 14.9 Å². The molecule has 5 heteroatoms. The zero-order valence-electron chi connectivity index (χ0n) is 7.65. The first-order chi connectivity index (χ1) is 6.65. The summed E-state index contributed by atoms with van der Waals surface area (Å²) in [7, 11) is 1.47. The van der Waals surface area contributed by atoms with E-state index in [9.17, 15) is 4.79 Å². The maximum absolute atomic E-state index is 10.4. The number of methoxy groups -OCH3 is 1. The first-order valence-electron chi connectivity index (χ1n) is 3.94. The molecule has 0 unspecified atom stereocenters. The van der Waals surface area contributed by atoms with Crippen LogP contribution < -0.4 is 10.1 Å². The maximum Gasteiger partial charge on any atom is 0.409 e. The van der Waals surface area contributed by atoms with Crippen molar-refractivity contribution in [2.45, 2.75) is 6.61 Å². The van der Waals surface area contributed by atoms with Crippen molar-refractivity contribution in [2.24, 2.45) is 0 Å². The first kappa shape index (κ1) is 10.3. The minimum atomic E-state index is -1.15. The van der Waals surface area contributed by atoms with E-state index in [1.807, 2.05) is 0 Å². The Morgan fingerprint density at radius 2 is 2.21 bits per heavy atom. The summed E-state index contributed by atoms with van der Waals surface area (Å²) in [5.74, 6) is 0.500. The highest BCUT2D eigenvalue weighted by atomic mass is 16.5. The Kier molecular flexibility index (Phi) is 3.30. The fraction of sp³-hybridized carbons (Fsp3) is 0.222. The predicted molar refractivity (Wildman–Crippen MR) is 50.6 cm³/mol. The average Bonchev–Trinajstić information content (AvgIpc) is 2.16. The standard InChI is InChI=1S/C9H11NO4/c1-14-8-3-6(5-11)2-7(4-8)10-9(12)13/h2-4,10-11H,5H2,1H3,(H,12,13). The van der Waals surface area contributed by atoms with Crippen molar-refractivity contribution in [3.8, 4) is 5.75 Å². The first-order valence-corrected chi connectivity index (χ1v) is 3.94. The SMILES string of the molecule is COc1cc(CO)cc(NC(=O)O)c1. The van der Waals surface area contributed by atoms with E-state index >= 15 is 0 Å². The van der Waals surface area contributed by atoms with Crippen LogP contribution in [0.2, 0.25) is 0 Å². The van der Waals surface area contributed by atoms with Gasteiger partial charge in [-0.2, -0.15) is 0 Å². The molecule has 76 valence electrons. The van der Waals surface area contributed by atoms with Crippen LogP contribution in [0.15, 0.2) is 18.2 Å². The van der Waals surface area contributed by atoms with E-state index in [-0.39, 0.29) is 6.61 Å². The van der Waals surface area contributed by atoms with Gasteiger partial charge >= 0.3 is 6.09 Å². The summed E-state index contributed by atoms with van der Waals surface area (Å²) in [5, 5.41) is 19.5. The molecule has 0 aliphatic rings. The van der Waals surface area contributed by atoms with Crippen molar-refractivity contribution in [3.63, 3.8) is 0 Å². The molecule has 0 radical (unpaired) electrons. The van der Waals surface area contributed by atoms with Crippen LogP contribution >= 0.6 is 0 Å². The summed E-state index contributed by atoms with van der Waals surface area (Å²) < 4.78 is 4.93. The number of aliphatic hydroxyl groups excluding tert-OH is 1. The molecule has 1 aromatic rings. The number of benzene rings is 1. The van der Waals surface area contributed by atoms with Gasteiger partial charge in [-0.25, -0.2) is 4.79 Å². The predicted octanol–water partition coefficient (Wildman–Crippen LogP) is 1.28. The lowest BCUT2D eigenvalue weighted by atomic mass is 10.2. The van der Waals surface area contributed by atoms with Crippen LogP contribution in [0, 0.1) is 0 Å². The molecule has 0 atom stereocenters. The largest absolute Gasteiger partial charge is 0.497 e. The number of rotatable bonds is 3. The Morgan fingerprint density at radius 1 is 1.50 bits per heavy atom. The lowest BCUT2D eigenvalue weighted by Crippen LogP contribution is -2.07. The van der Waals surface area contributed by atoms with Crippen LogP contribution in [0.5, 0.6) is 5.75 Å². The third kappa shape index (κ3) is 2.63. The summed E-state index contributed by atoms with van der Waals surface area (Å²) in [6, 6.07) is 4.71. The van der Waals surface area contributed by atoms with Crippen molar-refractivity contribution in [3.05, 3.63) is 23.8 Å². The van der Waals surface area contributed by atoms with Gasteiger partial charge in [-0.15, -0.1) is 0 Å². The van der Waals surface area contributed by atoms with Crippen LogP contribution in [0.1, 0.15) is 5.56 Å². The summed E-state index contributed by atoms with van der Waals surface area (Å²) in [6.45, 7) is -0.161. The second-order valence-electron chi connectivity index (χ2n) is 2.66. The van der Waals surface area contributed by atoms with Gasteiger partial charge in [0.2, 0.25) is 0 Å². The fourth-order valence-electron chi connectivity index (χ4n) is 1.07. The molecule has 0 saturated carbocycles. The summed E-state index contributed by atoms with van der Waals surface area (Å²) >= 11 is 0. The topological polar surface area (TPSA) is 78.8 Å². The molecule has 1 amide bonds. The highest BCUT2D eigenvalue weighted by molar-refractivity contribution is 5.83. The van der Waals surface area contributed by atoms with Crippen molar-refractivity contribution in [1.82, 2.24) is 0 Å². The number of amides is 1. The second kappa shape index (κ2) is 4.48. The maximum atomic E-state index is 10.4. The Bertz CT molecular complexity index is 315. The molecule has 3 N–H and O–H groups in total. The zero-order chi connectivity index (χ0) is 10.6. The number of hydrogen-bond donors (Lipinski definition) is 3. The fourth-order valence-corrected chi connectivity index (χ4v) is 1.07. The molecular weight excluding hydrogens is 186 g/mol. The van der Waals surface area contributed by atoms with Gasteiger partial charge in [-0.1, -0.05) is 0 Å². The van der Waals surface area contributed by atoms with Crippen LogP contribution in [-0.2, 0) is 6.61 Å². The molecule has 1 rings (SSSR count). The van der Waals surface area contributed by atoms with E-state index in [1.165, 1.54) is 19.2 Å². The van der Waals surface area contributed by atoms with E-state index in [2.05, 4.69) is 5.32 Å². The lowest BCUT2D eigenvalue weighted by Gasteiger charge is -2.06. The molecule has 0 bridgehead atoms. The van der Waals surface area contributed by atoms with Crippen molar-refractivity contribution in [1.29, 1.82) is 0 Å². The quantitative estimate of drug-likeness (QED) is 0.681. The highest BCUT2D eigenvalue weighted by Crippen LogP contribution is 2.20. The van der Waals surface area contributed by atoms with Crippen molar-refractivity contribution in [2.75, 3.05) is 12.4 Å². The summed E-state index contributed by atoms with van der Waals surface area (Å²) in [6.07, 6.45) is -1.15. The van der Waals surface area contributed by atoms with Crippen LogP contribution in [0.25, 0.3) is 0 Å². The monoisotopic (exact) mass is 197 g/mol. The van der Waals surface area contributed by atoms with Crippen molar-refractivity contribution < 1.29 is 19.7 Å². The van der Waals surface area contributed by atoms with E-state index in [1.54, 1.807) is 6.07 Å². The van der Waals surface area contributed by atoms with Crippen LogP contribution in [0.4, 0.5) is 10.5 Å².